The molecule has 1 rings (SSSR count). The van der Waals surface area contributed by atoms with E-state index in [9.17, 15) is 14.7 Å². The highest BCUT2D eigenvalue weighted by atomic mass is 16.4. The highest BCUT2D eigenvalue weighted by molar-refractivity contribution is 5.88. The van der Waals surface area contributed by atoms with E-state index in [1.165, 1.54) is 0 Å². The quantitative estimate of drug-likeness (QED) is 0.756. The van der Waals surface area contributed by atoms with Gasteiger partial charge in [0.1, 0.15) is 0 Å². The summed E-state index contributed by atoms with van der Waals surface area (Å²) in [4.78, 5) is 23.0. The number of benzene rings is 1. The van der Waals surface area contributed by atoms with Crippen molar-refractivity contribution in [3.05, 3.63) is 35.4 Å². The van der Waals surface area contributed by atoms with Crippen molar-refractivity contribution in [1.82, 2.24) is 5.32 Å². The number of aliphatic carboxylic acids is 1. The van der Waals surface area contributed by atoms with Crippen molar-refractivity contribution in [3.8, 4) is 0 Å². The topological polar surface area (TPSA) is 86.6 Å². The Labute approximate surface area is 118 Å². The van der Waals surface area contributed by atoms with Crippen LogP contribution >= 0.6 is 0 Å². The molecule has 0 aliphatic rings. The van der Waals surface area contributed by atoms with Crippen LogP contribution in [0, 0.1) is 6.92 Å². The summed E-state index contributed by atoms with van der Waals surface area (Å²) >= 11 is 0. The van der Waals surface area contributed by atoms with Gasteiger partial charge in [0.25, 0.3) is 0 Å². The summed E-state index contributed by atoms with van der Waals surface area (Å²) in [6.07, 6.45) is 0. The molecule has 0 aromatic heterocycles. The molecule has 0 bridgehead atoms. The van der Waals surface area contributed by atoms with Gasteiger partial charge in [0.2, 0.25) is 5.91 Å². The molecule has 0 saturated heterocycles. The first-order valence-corrected chi connectivity index (χ1v) is 6.38. The first-order valence-electron chi connectivity index (χ1n) is 6.38. The van der Waals surface area contributed by atoms with E-state index in [0.717, 1.165) is 18.1 Å². The second kappa shape index (κ2) is 5.63. The van der Waals surface area contributed by atoms with Crippen LogP contribution in [0.5, 0.6) is 0 Å². The maximum Gasteiger partial charge on any atom is 0.337 e. The highest BCUT2D eigenvalue weighted by Crippen LogP contribution is 2.23. The summed E-state index contributed by atoms with van der Waals surface area (Å²) in [5.41, 5.74) is -0.851. The van der Waals surface area contributed by atoms with Gasteiger partial charge in [0.05, 0.1) is 12.0 Å². The van der Waals surface area contributed by atoms with Crippen LogP contribution in [-0.2, 0) is 15.0 Å². The molecule has 0 aliphatic heterocycles. The van der Waals surface area contributed by atoms with Gasteiger partial charge in [-0.15, -0.1) is 0 Å². The predicted molar refractivity (Wildman–Crippen MR) is 75.5 cm³/mol. The maximum absolute atomic E-state index is 12.2. The van der Waals surface area contributed by atoms with Gasteiger partial charge in [0, 0.05) is 0 Å². The van der Waals surface area contributed by atoms with Crippen LogP contribution in [-0.4, -0.2) is 34.2 Å². The van der Waals surface area contributed by atoms with Crippen LogP contribution < -0.4 is 5.32 Å². The van der Waals surface area contributed by atoms with Gasteiger partial charge in [0.15, 0.2) is 5.60 Å². The fraction of sp³-hybridized carbons (Fsp3) is 0.467. The first-order chi connectivity index (χ1) is 9.07. The fourth-order valence-corrected chi connectivity index (χ4v) is 1.65. The van der Waals surface area contributed by atoms with E-state index >= 15 is 0 Å². The van der Waals surface area contributed by atoms with Gasteiger partial charge in [-0.25, -0.2) is 4.79 Å². The van der Waals surface area contributed by atoms with E-state index in [4.69, 9.17) is 5.11 Å². The van der Waals surface area contributed by atoms with E-state index < -0.39 is 17.0 Å². The molecular formula is C15H21NO4. The molecule has 0 radical (unpaired) electrons. The Balaban J connectivity index is 2.80. The molecule has 1 unspecified atom stereocenters. The number of carboxylic acids is 1. The minimum Gasteiger partial charge on any atom is -0.479 e. The van der Waals surface area contributed by atoms with Gasteiger partial charge < -0.3 is 15.5 Å². The molecule has 1 amide bonds. The average Bonchev–Trinajstić information content (AvgIpc) is 2.36. The van der Waals surface area contributed by atoms with Crippen LogP contribution in [0.2, 0.25) is 0 Å². The third kappa shape index (κ3) is 3.57. The van der Waals surface area contributed by atoms with Crippen molar-refractivity contribution >= 4 is 11.9 Å². The maximum atomic E-state index is 12.2. The van der Waals surface area contributed by atoms with Gasteiger partial charge in [-0.05, 0) is 33.3 Å². The molecule has 0 aliphatic carbocycles. The summed E-state index contributed by atoms with van der Waals surface area (Å²) in [5, 5.41) is 20.9. The van der Waals surface area contributed by atoms with Crippen LogP contribution in [0.25, 0.3) is 0 Å². The van der Waals surface area contributed by atoms with Crippen LogP contribution in [0.15, 0.2) is 24.3 Å². The Morgan fingerprint density at radius 2 is 1.65 bits per heavy atom. The first kappa shape index (κ1) is 16.2. The highest BCUT2D eigenvalue weighted by Gasteiger charge is 2.34. The summed E-state index contributed by atoms with van der Waals surface area (Å²) in [6, 6.07) is 7.56. The van der Waals surface area contributed by atoms with E-state index in [1.807, 2.05) is 31.2 Å². The summed E-state index contributed by atoms with van der Waals surface area (Å²) in [5.74, 6) is -1.70. The molecule has 0 spiro atoms. The molecule has 1 aromatic carbocycles. The number of aryl methyl sites for hydroxylation is 1. The second-order valence-corrected chi connectivity index (χ2v) is 5.75. The lowest BCUT2D eigenvalue weighted by Crippen LogP contribution is -2.50. The number of carbonyl (C=O) groups is 2. The molecule has 1 atom stereocenters. The van der Waals surface area contributed by atoms with Gasteiger partial charge in [-0.1, -0.05) is 29.8 Å². The zero-order valence-corrected chi connectivity index (χ0v) is 12.2. The zero-order valence-electron chi connectivity index (χ0n) is 12.2. The van der Waals surface area contributed by atoms with Crippen molar-refractivity contribution < 1.29 is 19.8 Å². The van der Waals surface area contributed by atoms with Crippen molar-refractivity contribution in [2.75, 3.05) is 6.54 Å². The van der Waals surface area contributed by atoms with E-state index in [-0.39, 0.29) is 12.5 Å². The van der Waals surface area contributed by atoms with E-state index in [2.05, 4.69) is 5.32 Å². The van der Waals surface area contributed by atoms with Crippen molar-refractivity contribution in [3.63, 3.8) is 0 Å². The number of amides is 1. The van der Waals surface area contributed by atoms with Crippen molar-refractivity contribution in [2.24, 2.45) is 0 Å². The number of nitrogens with one attached hydrogen (secondary N) is 1. The van der Waals surface area contributed by atoms with E-state index in [0.29, 0.717) is 0 Å². The Bertz CT molecular complexity index is 503. The molecule has 1 aromatic rings. The summed E-state index contributed by atoms with van der Waals surface area (Å²) in [7, 11) is 0. The molecule has 110 valence electrons. The van der Waals surface area contributed by atoms with Gasteiger partial charge >= 0.3 is 5.97 Å². The van der Waals surface area contributed by atoms with Gasteiger partial charge in [-0.2, -0.15) is 0 Å². The van der Waals surface area contributed by atoms with E-state index in [1.54, 1.807) is 13.8 Å². The van der Waals surface area contributed by atoms with Crippen LogP contribution in [0.1, 0.15) is 31.9 Å². The lowest BCUT2D eigenvalue weighted by atomic mass is 9.83. The zero-order chi connectivity index (χ0) is 15.6. The molecule has 20 heavy (non-hydrogen) atoms. The smallest absolute Gasteiger partial charge is 0.337 e. The number of hydrogen-bond acceptors (Lipinski definition) is 3. The lowest BCUT2D eigenvalue weighted by molar-refractivity contribution is -0.156. The Kier molecular flexibility index (Phi) is 4.55. The van der Waals surface area contributed by atoms with Crippen molar-refractivity contribution in [2.45, 2.75) is 38.7 Å². The largest absolute Gasteiger partial charge is 0.479 e. The fourth-order valence-electron chi connectivity index (χ4n) is 1.65. The number of carboxylic acid groups (broad SMARTS) is 1. The molecule has 3 N–H and O–H groups in total. The Morgan fingerprint density at radius 3 is 2.10 bits per heavy atom. The van der Waals surface area contributed by atoms with Crippen LogP contribution in [0.4, 0.5) is 0 Å². The minimum atomic E-state index is -1.97. The van der Waals surface area contributed by atoms with Crippen LogP contribution in [0.3, 0.4) is 0 Å². The average molecular weight is 279 g/mol. The number of rotatable bonds is 5. The number of aliphatic hydroxyl groups is 1. The standard InChI is InChI=1S/C15H21NO4/c1-10-5-7-11(8-6-10)14(2,3)12(17)16-9-15(4,20)13(18)19/h5-8,20H,9H2,1-4H3,(H,16,17)(H,18,19). The number of hydrogen-bond donors (Lipinski definition) is 3. The molecule has 5 nitrogen and oxygen atoms in total. The Morgan fingerprint density at radius 1 is 1.15 bits per heavy atom. The SMILES string of the molecule is Cc1ccc(C(C)(C)C(=O)NCC(C)(O)C(=O)O)cc1. The molecule has 0 saturated carbocycles. The molecule has 0 heterocycles. The molecular weight excluding hydrogens is 258 g/mol. The Hall–Kier alpha value is -1.88. The second-order valence-electron chi connectivity index (χ2n) is 5.75. The van der Waals surface area contributed by atoms with Gasteiger partial charge in [-0.3, -0.25) is 4.79 Å². The minimum absolute atomic E-state index is 0.331. The molecule has 5 heteroatoms. The molecule has 0 fully saturated rings. The van der Waals surface area contributed by atoms with Crippen molar-refractivity contribution in [1.29, 1.82) is 0 Å². The summed E-state index contributed by atoms with van der Waals surface area (Å²) in [6.45, 7) is 6.27. The normalized spacial score (nSPS) is 14.4. The predicted octanol–water partition coefficient (Wildman–Crippen LogP) is 1.22. The third-order valence-electron chi connectivity index (χ3n) is 3.39. The number of carbonyl (C=O) groups excluding carboxylic acids is 1. The monoisotopic (exact) mass is 279 g/mol. The third-order valence-corrected chi connectivity index (χ3v) is 3.39. The summed E-state index contributed by atoms with van der Waals surface area (Å²) < 4.78 is 0. The lowest BCUT2D eigenvalue weighted by Gasteiger charge is -2.26.